The number of benzene rings is 2. The lowest BCUT2D eigenvalue weighted by molar-refractivity contribution is 0.440. The van der Waals surface area contributed by atoms with Crippen LogP contribution in [0.5, 0.6) is 11.5 Å². The third kappa shape index (κ3) is 7.25. The van der Waals surface area contributed by atoms with Gasteiger partial charge in [-0.2, -0.15) is 0 Å². The van der Waals surface area contributed by atoms with E-state index in [1.54, 1.807) is 36.5 Å². The third-order valence-corrected chi connectivity index (χ3v) is 3.97. The number of hydrogen-bond donors (Lipinski definition) is 2. The Morgan fingerprint density at radius 3 is 2.60 bits per heavy atom. The quantitative estimate of drug-likeness (QED) is 0.259. The molecule has 1 heterocycles. The zero-order valence-corrected chi connectivity index (χ0v) is 18.8. The molecule has 0 amide bonds. The van der Waals surface area contributed by atoms with Crippen molar-refractivity contribution >= 4 is 29.9 Å². The zero-order valence-electron chi connectivity index (χ0n) is 16.4. The van der Waals surface area contributed by atoms with Crippen molar-refractivity contribution in [2.75, 3.05) is 6.54 Å². The number of nitrogens with zero attached hydrogens (tertiary/aromatic N) is 2. The largest absolute Gasteiger partial charge is 0.453 e. The van der Waals surface area contributed by atoms with E-state index in [2.05, 4.69) is 20.6 Å². The lowest BCUT2D eigenvalue weighted by Gasteiger charge is -2.12. The Bertz CT molecular complexity index is 970. The Hall–Kier alpha value is -2.75. The van der Waals surface area contributed by atoms with Crippen molar-refractivity contribution in [3.05, 3.63) is 89.8 Å². The van der Waals surface area contributed by atoms with Crippen LogP contribution in [0.15, 0.2) is 72.0 Å². The molecule has 2 N–H and O–H groups in total. The molecular formula is C22H23F2IN4O. The highest BCUT2D eigenvalue weighted by Gasteiger charge is 2.07. The first kappa shape index (κ1) is 23.5. The van der Waals surface area contributed by atoms with E-state index >= 15 is 0 Å². The Morgan fingerprint density at radius 1 is 1.03 bits per heavy atom. The standard InChI is InChI=1S/C22H22F2N4O.HI/c1-2-26-22(27-13-16-5-3-6-18(23)11-16)28-14-17-8-9-21(20(24)12-17)29-19-7-4-10-25-15-19;/h3-12,15H,2,13-14H2,1H3,(H2,26,27,28);1H. The molecule has 3 rings (SSSR count). The van der Waals surface area contributed by atoms with Crippen LogP contribution in [-0.2, 0) is 13.1 Å². The Morgan fingerprint density at radius 2 is 1.90 bits per heavy atom. The van der Waals surface area contributed by atoms with E-state index in [1.807, 2.05) is 13.0 Å². The summed E-state index contributed by atoms with van der Waals surface area (Å²) in [7, 11) is 0. The number of guanidine groups is 1. The van der Waals surface area contributed by atoms with Gasteiger partial charge in [0.05, 0.1) is 12.7 Å². The van der Waals surface area contributed by atoms with E-state index in [0.717, 1.165) is 11.1 Å². The molecule has 0 aliphatic rings. The number of rotatable bonds is 7. The van der Waals surface area contributed by atoms with Gasteiger partial charge in [-0.05, 0) is 54.4 Å². The first-order chi connectivity index (χ1) is 14.1. The SMILES string of the molecule is CCNC(=NCc1cccc(F)c1)NCc1ccc(Oc2cccnc2)c(F)c1.I. The summed E-state index contributed by atoms with van der Waals surface area (Å²) in [5.41, 5.74) is 1.50. The van der Waals surface area contributed by atoms with Gasteiger partial charge >= 0.3 is 0 Å². The monoisotopic (exact) mass is 524 g/mol. The zero-order chi connectivity index (χ0) is 20.5. The number of halogens is 3. The Kier molecular flexibility index (Phi) is 9.46. The normalized spacial score (nSPS) is 10.8. The Balaban J connectivity index is 0.00000320. The molecule has 0 fully saturated rings. The maximum Gasteiger partial charge on any atom is 0.191 e. The summed E-state index contributed by atoms with van der Waals surface area (Å²) in [5.74, 6) is 0.409. The summed E-state index contributed by atoms with van der Waals surface area (Å²) in [4.78, 5) is 8.38. The predicted octanol–water partition coefficient (Wildman–Crippen LogP) is 5.03. The minimum Gasteiger partial charge on any atom is -0.453 e. The second-order valence-electron chi connectivity index (χ2n) is 6.23. The van der Waals surface area contributed by atoms with Gasteiger partial charge in [0.15, 0.2) is 17.5 Å². The summed E-state index contributed by atoms with van der Waals surface area (Å²) < 4.78 is 33.2. The molecule has 0 bridgehead atoms. The molecule has 2 aromatic carbocycles. The van der Waals surface area contributed by atoms with E-state index in [9.17, 15) is 8.78 Å². The molecule has 1 aromatic heterocycles. The topological polar surface area (TPSA) is 58.5 Å². The fourth-order valence-electron chi connectivity index (χ4n) is 2.60. The average Bonchev–Trinajstić information content (AvgIpc) is 2.73. The smallest absolute Gasteiger partial charge is 0.191 e. The maximum atomic E-state index is 14.4. The van der Waals surface area contributed by atoms with Gasteiger partial charge in [-0.25, -0.2) is 13.8 Å². The van der Waals surface area contributed by atoms with Gasteiger partial charge in [0, 0.05) is 19.3 Å². The first-order valence-corrected chi connectivity index (χ1v) is 9.27. The maximum absolute atomic E-state index is 14.4. The second-order valence-corrected chi connectivity index (χ2v) is 6.23. The minimum absolute atomic E-state index is 0. The highest BCUT2D eigenvalue weighted by atomic mass is 127. The van der Waals surface area contributed by atoms with E-state index in [-0.39, 0.29) is 35.5 Å². The van der Waals surface area contributed by atoms with Gasteiger partial charge in [-0.3, -0.25) is 4.98 Å². The predicted molar refractivity (Wildman–Crippen MR) is 124 cm³/mol. The van der Waals surface area contributed by atoms with Crippen molar-refractivity contribution in [1.29, 1.82) is 0 Å². The number of ether oxygens (including phenoxy) is 1. The third-order valence-electron chi connectivity index (χ3n) is 3.97. The van der Waals surface area contributed by atoms with Crippen LogP contribution in [0, 0.1) is 11.6 Å². The first-order valence-electron chi connectivity index (χ1n) is 9.27. The van der Waals surface area contributed by atoms with E-state index < -0.39 is 5.82 Å². The van der Waals surface area contributed by atoms with Crippen molar-refractivity contribution in [3.63, 3.8) is 0 Å². The number of aromatic nitrogens is 1. The van der Waals surface area contributed by atoms with Crippen molar-refractivity contribution in [1.82, 2.24) is 15.6 Å². The van der Waals surface area contributed by atoms with Crippen LogP contribution in [-0.4, -0.2) is 17.5 Å². The fraction of sp³-hybridized carbons (Fsp3) is 0.182. The molecule has 158 valence electrons. The molecule has 3 aromatic rings. The van der Waals surface area contributed by atoms with Crippen LogP contribution in [0.2, 0.25) is 0 Å². The van der Waals surface area contributed by atoms with Gasteiger partial charge in [0.2, 0.25) is 0 Å². The van der Waals surface area contributed by atoms with E-state index in [4.69, 9.17) is 4.74 Å². The van der Waals surface area contributed by atoms with E-state index in [0.29, 0.717) is 31.3 Å². The van der Waals surface area contributed by atoms with Gasteiger partial charge in [-0.15, -0.1) is 24.0 Å². The van der Waals surface area contributed by atoms with Crippen molar-refractivity contribution in [2.45, 2.75) is 20.0 Å². The summed E-state index contributed by atoms with van der Waals surface area (Å²) in [6.07, 6.45) is 3.14. The van der Waals surface area contributed by atoms with Crippen LogP contribution < -0.4 is 15.4 Å². The van der Waals surface area contributed by atoms with Gasteiger partial charge < -0.3 is 15.4 Å². The molecule has 0 atom stereocenters. The number of nitrogens with one attached hydrogen (secondary N) is 2. The van der Waals surface area contributed by atoms with E-state index in [1.165, 1.54) is 24.4 Å². The minimum atomic E-state index is -0.463. The molecular weight excluding hydrogens is 501 g/mol. The van der Waals surface area contributed by atoms with Crippen LogP contribution in [0.3, 0.4) is 0 Å². The summed E-state index contributed by atoms with van der Waals surface area (Å²) in [5, 5.41) is 6.26. The number of aliphatic imine (C=N–C) groups is 1. The lowest BCUT2D eigenvalue weighted by Crippen LogP contribution is -2.36. The average molecular weight is 524 g/mol. The van der Waals surface area contributed by atoms with Gasteiger partial charge in [-0.1, -0.05) is 18.2 Å². The van der Waals surface area contributed by atoms with Crippen molar-refractivity contribution in [3.8, 4) is 11.5 Å². The highest BCUT2D eigenvalue weighted by molar-refractivity contribution is 14.0. The second kappa shape index (κ2) is 12.1. The highest BCUT2D eigenvalue weighted by Crippen LogP contribution is 2.24. The van der Waals surface area contributed by atoms with Crippen molar-refractivity contribution < 1.29 is 13.5 Å². The van der Waals surface area contributed by atoms with Crippen LogP contribution in [0.25, 0.3) is 0 Å². The van der Waals surface area contributed by atoms with Crippen molar-refractivity contribution in [2.24, 2.45) is 4.99 Å². The molecule has 30 heavy (non-hydrogen) atoms. The molecule has 0 saturated heterocycles. The fourth-order valence-corrected chi connectivity index (χ4v) is 2.60. The summed E-state index contributed by atoms with van der Waals surface area (Å²) >= 11 is 0. The molecule has 0 saturated carbocycles. The van der Waals surface area contributed by atoms with Crippen LogP contribution in [0.1, 0.15) is 18.1 Å². The molecule has 0 unspecified atom stereocenters. The number of pyridine rings is 1. The van der Waals surface area contributed by atoms with Gasteiger partial charge in [0.1, 0.15) is 11.6 Å². The lowest BCUT2D eigenvalue weighted by atomic mass is 10.2. The van der Waals surface area contributed by atoms with Crippen LogP contribution in [0.4, 0.5) is 8.78 Å². The van der Waals surface area contributed by atoms with Gasteiger partial charge in [0.25, 0.3) is 0 Å². The molecule has 8 heteroatoms. The molecule has 0 spiro atoms. The summed E-state index contributed by atoms with van der Waals surface area (Å²) in [6, 6.07) is 14.5. The molecule has 0 aliphatic heterocycles. The molecule has 0 radical (unpaired) electrons. The number of hydrogen-bond acceptors (Lipinski definition) is 3. The molecule has 0 aliphatic carbocycles. The Labute approximate surface area is 191 Å². The van der Waals surface area contributed by atoms with Crippen LogP contribution >= 0.6 is 24.0 Å². The summed E-state index contributed by atoms with van der Waals surface area (Å²) in [6.45, 7) is 3.32. The molecule has 5 nitrogen and oxygen atoms in total.